The third-order valence-electron chi connectivity index (χ3n) is 5.30. The fourth-order valence-electron chi connectivity index (χ4n) is 4.10. The highest BCUT2D eigenvalue weighted by atomic mass is 15.3. The molecule has 0 aromatic carbocycles. The summed E-state index contributed by atoms with van der Waals surface area (Å²) in [6, 6.07) is 2.78. The van der Waals surface area contributed by atoms with Crippen molar-refractivity contribution < 1.29 is 0 Å². The van der Waals surface area contributed by atoms with Crippen LogP contribution < -0.4 is 0 Å². The Labute approximate surface area is 117 Å². The van der Waals surface area contributed by atoms with Crippen molar-refractivity contribution in [3.05, 3.63) is 17.5 Å². The van der Waals surface area contributed by atoms with Crippen molar-refractivity contribution in [3.8, 4) is 0 Å². The molecule has 1 aromatic rings. The lowest BCUT2D eigenvalue weighted by Gasteiger charge is -2.28. The first kappa shape index (κ1) is 13.2. The molecule has 1 spiro atoms. The van der Waals surface area contributed by atoms with Gasteiger partial charge in [-0.15, -0.1) is 0 Å². The van der Waals surface area contributed by atoms with Crippen LogP contribution in [-0.4, -0.2) is 33.8 Å². The van der Waals surface area contributed by atoms with Crippen molar-refractivity contribution in [2.75, 3.05) is 13.1 Å². The van der Waals surface area contributed by atoms with E-state index < -0.39 is 0 Å². The largest absolute Gasteiger partial charge is 0.298 e. The lowest BCUT2D eigenvalue weighted by atomic mass is 9.86. The second-order valence-corrected chi connectivity index (χ2v) is 6.89. The van der Waals surface area contributed by atoms with Gasteiger partial charge in [0.05, 0.1) is 12.2 Å². The highest BCUT2D eigenvalue weighted by Gasteiger charge is 2.41. The predicted molar refractivity (Wildman–Crippen MR) is 78.3 cm³/mol. The Morgan fingerprint density at radius 2 is 2.00 bits per heavy atom. The van der Waals surface area contributed by atoms with Crippen LogP contribution in [0.2, 0.25) is 0 Å². The van der Waals surface area contributed by atoms with Gasteiger partial charge in [-0.3, -0.25) is 9.58 Å². The van der Waals surface area contributed by atoms with Gasteiger partial charge in [-0.2, -0.15) is 5.10 Å². The SMILES string of the molecule is Cc1cc(C)n(CC(C)N2CCC3(CCCC3)C2)n1. The molecule has 1 aliphatic carbocycles. The third kappa shape index (κ3) is 2.58. The van der Waals surface area contributed by atoms with E-state index in [9.17, 15) is 0 Å². The highest BCUT2D eigenvalue weighted by Crippen LogP contribution is 2.45. The average Bonchev–Trinajstić information content (AvgIpc) is 3.05. The lowest BCUT2D eigenvalue weighted by molar-refractivity contribution is 0.194. The molecule has 0 N–H and O–H groups in total. The van der Waals surface area contributed by atoms with Crippen LogP contribution >= 0.6 is 0 Å². The zero-order valence-corrected chi connectivity index (χ0v) is 12.7. The summed E-state index contributed by atoms with van der Waals surface area (Å²) in [5.41, 5.74) is 3.11. The van der Waals surface area contributed by atoms with Crippen LogP contribution in [0.4, 0.5) is 0 Å². The van der Waals surface area contributed by atoms with Crippen molar-refractivity contribution in [1.29, 1.82) is 0 Å². The van der Waals surface area contributed by atoms with E-state index in [0.717, 1.165) is 12.2 Å². The molecule has 1 saturated carbocycles. The molecule has 1 saturated heterocycles. The molecule has 2 aliphatic rings. The molecule has 0 amide bonds. The van der Waals surface area contributed by atoms with Crippen LogP contribution in [0, 0.1) is 19.3 Å². The Kier molecular flexibility index (Phi) is 3.42. The van der Waals surface area contributed by atoms with Gasteiger partial charge < -0.3 is 0 Å². The number of aromatic nitrogens is 2. The summed E-state index contributed by atoms with van der Waals surface area (Å²) < 4.78 is 2.18. The first-order chi connectivity index (χ1) is 9.08. The van der Waals surface area contributed by atoms with Gasteiger partial charge >= 0.3 is 0 Å². The second kappa shape index (κ2) is 4.93. The topological polar surface area (TPSA) is 21.1 Å². The number of hydrogen-bond acceptors (Lipinski definition) is 2. The van der Waals surface area contributed by atoms with Crippen molar-refractivity contribution in [2.24, 2.45) is 5.41 Å². The Hall–Kier alpha value is -0.830. The molecule has 3 heteroatoms. The number of likely N-dealkylation sites (tertiary alicyclic amines) is 1. The molecule has 2 heterocycles. The molecule has 1 unspecified atom stereocenters. The monoisotopic (exact) mass is 261 g/mol. The fraction of sp³-hybridized carbons (Fsp3) is 0.812. The predicted octanol–water partition coefficient (Wildman–Crippen LogP) is 3.15. The molecular weight excluding hydrogens is 234 g/mol. The molecule has 1 aromatic heterocycles. The first-order valence-corrected chi connectivity index (χ1v) is 7.83. The van der Waals surface area contributed by atoms with Gasteiger partial charge in [0.1, 0.15) is 0 Å². The van der Waals surface area contributed by atoms with E-state index in [0.29, 0.717) is 11.5 Å². The van der Waals surface area contributed by atoms with Crippen LogP contribution in [0.1, 0.15) is 50.4 Å². The summed E-state index contributed by atoms with van der Waals surface area (Å²) in [5, 5.41) is 4.60. The Bertz CT molecular complexity index is 443. The van der Waals surface area contributed by atoms with Crippen LogP contribution in [0.15, 0.2) is 6.07 Å². The number of aryl methyl sites for hydroxylation is 2. The van der Waals surface area contributed by atoms with E-state index in [1.807, 2.05) is 0 Å². The summed E-state index contributed by atoms with van der Waals surface area (Å²) >= 11 is 0. The van der Waals surface area contributed by atoms with Gasteiger partial charge in [0, 0.05) is 18.3 Å². The third-order valence-corrected chi connectivity index (χ3v) is 5.30. The Morgan fingerprint density at radius 1 is 1.26 bits per heavy atom. The Balaban J connectivity index is 1.62. The molecule has 3 nitrogen and oxygen atoms in total. The number of nitrogens with zero attached hydrogens (tertiary/aromatic N) is 3. The van der Waals surface area contributed by atoms with E-state index in [2.05, 4.69) is 41.5 Å². The second-order valence-electron chi connectivity index (χ2n) is 6.89. The van der Waals surface area contributed by atoms with Gasteiger partial charge in [-0.05, 0) is 58.1 Å². The minimum absolute atomic E-state index is 0.609. The summed E-state index contributed by atoms with van der Waals surface area (Å²) in [5.74, 6) is 0. The maximum atomic E-state index is 4.60. The van der Waals surface area contributed by atoms with Gasteiger partial charge in [0.15, 0.2) is 0 Å². The summed E-state index contributed by atoms with van der Waals surface area (Å²) in [6.07, 6.45) is 7.28. The van der Waals surface area contributed by atoms with Gasteiger partial charge in [-0.1, -0.05) is 12.8 Å². The normalized spacial score (nSPS) is 24.4. The summed E-state index contributed by atoms with van der Waals surface area (Å²) in [6.45, 7) is 10.3. The van der Waals surface area contributed by atoms with Gasteiger partial charge in [0.25, 0.3) is 0 Å². The molecule has 3 rings (SSSR count). The van der Waals surface area contributed by atoms with Crippen molar-refractivity contribution in [1.82, 2.24) is 14.7 Å². The van der Waals surface area contributed by atoms with Crippen LogP contribution in [0.3, 0.4) is 0 Å². The summed E-state index contributed by atoms with van der Waals surface area (Å²) in [7, 11) is 0. The molecular formula is C16H27N3. The lowest BCUT2D eigenvalue weighted by Crippen LogP contribution is -2.36. The van der Waals surface area contributed by atoms with Crippen LogP contribution in [0.25, 0.3) is 0 Å². The molecule has 0 bridgehead atoms. The molecule has 106 valence electrons. The van der Waals surface area contributed by atoms with E-state index in [1.165, 1.54) is 50.9 Å². The quantitative estimate of drug-likeness (QED) is 0.833. The maximum Gasteiger partial charge on any atom is 0.0596 e. The molecule has 2 fully saturated rings. The van der Waals surface area contributed by atoms with E-state index in [-0.39, 0.29) is 0 Å². The zero-order valence-electron chi connectivity index (χ0n) is 12.7. The van der Waals surface area contributed by atoms with Crippen molar-refractivity contribution >= 4 is 0 Å². The number of rotatable bonds is 3. The first-order valence-electron chi connectivity index (χ1n) is 7.83. The van der Waals surface area contributed by atoms with E-state index in [1.54, 1.807) is 0 Å². The molecule has 0 radical (unpaired) electrons. The van der Waals surface area contributed by atoms with Crippen LogP contribution in [-0.2, 0) is 6.54 Å². The van der Waals surface area contributed by atoms with E-state index in [4.69, 9.17) is 0 Å². The van der Waals surface area contributed by atoms with Crippen LogP contribution in [0.5, 0.6) is 0 Å². The molecule has 1 atom stereocenters. The average molecular weight is 261 g/mol. The minimum atomic E-state index is 0.609. The minimum Gasteiger partial charge on any atom is -0.298 e. The highest BCUT2D eigenvalue weighted by molar-refractivity contribution is 5.07. The van der Waals surface area contributed by atoms with Crippen molar-refractivity contribution in [2.45, 2.75) is 65.5 Å². The van der Waals surface area contributed by atoms with Gasteiger partial charge in [-0.25, -0.2) is 0 Å². The standard InChI is InChI=1S/C16H27N3/c1-13-10-14(2)19(17-13)11-15(3)18-9-8-16(12-18)6-4-5-7-16/h10,15H,4-9,11-12H2,1-3H3. The van der Waals surface area contributed by atoms with Crippen molar-refractivity contribution in [3.63, 3.8) is 0 Å². The smallest absolute Gasteiger partial charge is 0.0596 e. The summed E-state index contributed by atoms with van der Waals surface area (Å²) in [4.78, 5) is 2.70. The number of hydrogen-bond donors (Lipinski definition) is 0. The zero-order chi connectivity index (χ0) is 13.5. The maximum absolute atomic E-state index is 4.60. The molecule has 19 heavy (non-hydrogen) atoms. The van der Waals surface area contributed by atoms with E-state index >= 15 is 0 Å². The fourth-order valence-corrected chi connectivity index (χ4v) is 4.10. The molecule has 1 aliphatic heterocycles. The Morgan fingerprint density at radius 3 is 2.63 bits per heavy atom. The van der Waals surface area contributed by atoms with Gasteiger partial charge in [0.2, 0.25) is 0 Å².